The quantitative estimate of drug-likeness (QED) is 0.711. The molecular formula is C23H22N2O3. The van der Waals surface area contributed by atoms with Crippen LogP contribution in [0.1, 0.15) is 10.4 Å². The molecule has 0 aromatic heterocycles. The van der Waals surface area contributed by atoms with E-state index in [9.17, 15) is 4.79 Å². The highest BCUT2D eigenvalue weighted by Crippen LogP contribution is 2.27. The zero-order valence-corrected chi connectivity index (χ0v) is 15.5. The fourth-order valence-corrected chi connectivity index (χ4v) is 3.15. The number of nitrogens with zero attached hydrogens (tertiary/aromatic N) is 1. The predicted molar refractivity (Wildman–Crippen MR) is 110 cm³/mol. The molecule has 0 atom stereocenters. The Kier molecular flexibility index (Phi) is 5.54. The average Bonchev–Trinajstić information content (AvgIpc) is 2.76. The number of nitrogens with one attached hydrogen (secondary N) is 1. The minimum absolute atomic E-state index is 0.146. The van der Waals surface area contributed by atoms with Gasteiger partial charge in [-0.05, 0) is 48.5 Å². The van der Waals surface area contributed by atoms with Crippen LogP contribution in [0.25, 0.3) is 0 Å². The number of hydrogen-bond acceptors (Lipinski definition) is 4. The molecule has 0 bridgehead atoms. The molecule has 28 heavy (non-hydrogen) atoms. The third-order valence-electron chi connectivity index (χ3n) is 4.60. The summed E-state index contributed by atoms with van der Waals surface area (Å²) in [5.41, 5.74) is 2.40. The largest absolute Gasteiger partial charge is 0.457 e. The second-order valence-electron chi connectivity index (χ2n) is 6.51. The molecule has 4 rings (SSSR count). The number of benzene rings is 3. The zero-order valence-electron chi connectivity index (χ0n) is 15.5. The van der Waals surface area contributed by atoms with Crippen LogP contribution in [0.5, 0.6) is 11.5 Å². The lowest BCUT2D eigenvalue weighted by molar-refractivity contribution is 0.102. The molecule has 1 aliphatic rings. The van der Waals surface area contributed by atoms with Gasteiger partial charge in [-0.3, -0.25) is 4.79 Å². The Morgan fingerprint density at radius 3 is 2.21 bits per heavy atom. The summed E-state index contributed by atoms with van der Waals surface area (Å²) < 4.78 is 11.2. The van der Waals surface area contributed by atoms with E-state index in [1.807, 2.05) is 54.6 Å². The lowest BCUT2D eigenvalue weighted by atomic mass is 10.1. The van der Waals surface area contributed by atoms with Gasteiger partial charge in [0.2, 0.25) is 0 Å². The molecule has 1 aliphatic heterocycles. The average molecular weight is 374 g/mol. The molecule has 0 radical (unpaired) electrons. The first-order valence-corrected chi connectivity index (χ1v) is 9.36. The molecule has 0 saturated carbocycles. The summed E-state index contributed by atoms with van der Waals surface area (Å²) in [4.78, 5) is 15.0. The number of hydrogen-bond donors (Lipinski definition) is 1. The maximum absolute atomic E-state index is 12.7. The van der Waals surface area contributed by atoms with Crippen molar-refractivity contribution in [3.63, 3.8) is 0 Å². The molecule has 1 amide bonds. The van der Waals surface area contributed by atoms with Crippen molar-refractivity contribution in [2.45, 2.75) is 0 Å². The molecule has 3 aromatic rings. The van der Waals surface area contributed by atoms with E-state index < -0.39 is 0 Å². The van der Waals surface area contributed by atoms with Crippen LogP contribution < -0.4 is 15.0 Å². The number of amides is 1. The van der Waals surface area contributed by atoms with Crippen LogP contribution in [0.15, 0.2) is 78.9 Å². The van der Waals surface area contributed by atoms with Gasteiger partial charge in [0, 0.05) is 18.7 Å². The molecule has 1 saturated heterocycles. The van der Waals surface area contributed by atoms with E-state index in [0.29, 0.717) is 24.5 Å². The zero-order chi connectivity index (χ0) is 19.2. The Morgan fingerprint density at radius 2 is 1.46 bits per heavy atom. The number of ether oxygens (including phenoxy) is 2. The first-order valence-electron chi connectivity index (χ1n) is 9.36. The van der Waals surface area contributed by atoms with Crippen LogP contribution in [0, 0.1) is 0 Å². The summed E-state index contributed by atoms with van der Waals surface area (Å²) in [5, 5.41) is 3.03. The normalized spacial score (nSPS) is 13.8. The number of carbonyl (C=O) groups excluding carboxylic acids is 1. The van der Waals surface area contributed by atoms with E-state index in [1.54, 1.807) is 24.3 Å². The number of para-hydroxylation sites is 3. The summed E-state index contributed by atoms with van der Waals surface area (Å²) in [7, 11) is 0. The van der Waals surface area contributed by atoms with Crippen LogP contribution in [-0.4, -0.2) is 32.2 Å². The smallest absolute Gasteiger partial charge is 0.255 e. The second kappa shape index (κ2) is 8.59. The highest BCUT2D eigenvalue weighted by molar-refractivity contribution is 6.06. The van der Waals surface area contributed by atoms with Crippen molar-refractivity contribution in [3.05, 3.63) is 84.4 Å². The maximum atomic E-state index is 12.7. The van der Waals surface area contributed by atoms with Crippen molar-refractivity contribution in [2.75, 3.05) is 36.5 Å². The summed E-state index contributed by atoms with van der Waals surface area (Å²) in [6.45, 7) is 3.03. The molecule has 5 nitrogen and oxygen atoms in total. The molecular weight excluding hydrogens is 352 g/mol. The van der Waals surface area contributed by atoms with Crippen molar-refractivity contribution < 1.29 is 14.3 Å². The fourth-order valence-electron chi connectivity index (χ4n) is 3.15. The molecule has 1 fully saturated rings. The van der Waals surface area contributed by atoms with Gasteiger partial charge in [-0.2, -0.15) is 0 Å². The molecule has 5 heteroatoms. The van der Waals surface area contributed by atoms with Gasteiger partial charge in [-0.25, -0.2) is 0 Å². The van der Waals surface area contributed by atoms with Crippen LogP contribution in [-0.2, 0) is 4.74 Å². The molecule has 1 N–H and O–H groups in total. The Morgan fingerprint density at radius 1 is 0.821 bits per heavy atom. The summed E-state index contributed by atoms with van der Waals surface area (Å²) >= 11 is 0. The Balaban J connectivity index is 1.45. The maximum Gasteiger partial charge on any atom is 0.255 e. The van der Waals surface area contributed by atoms with E-state index in [2.05, 4.69) is 10.2 Å². The summed E-state index contributed by atoms with van der Waals surface area (Å²) in [6, 6.07) is 24.6. The van der Waals surface area contributed by atoms with Gasteiger partial charge in [0.15, 0.2) is 0 Å². The van der Waals surface area contributed by atoms with Gasteiger partial charge < -0.3 is 19.7 Å². The van der Waals surface area contributed by atoms with Gasteiger partial charge in [0.25, 0.3) is 5.91 Å². The minimum atomic E-state index is -0.146. The lowest BCUT2D eigenvalue weighted by Gasteiger charge is -2.30. The van der Waals surface area contributed by atoms with E-state index >= 15 is 0 Å². The monoisotopic (exact) mass is 374 g/mol. The first kappa shape index (κ1) is 18.1. The highest BCUT2D eigenvalue weighted by atomic mass is 16.5. The SMILES string of the molecule is O=C(Nc1ccccc1N1CCOCC1)c1ccc(Oc2ccccc2)cc1. The minimum Gasteiger partial charge on any atom is -0.457 e. The molecule has 1 heterocycles. The van der Waals surface area contributed by atoms with Crippen molar-refractivity contribution in [2.24, 2.45) is 0 Å². The van der Waals surface area contributed by atoms with Crippen LogP contribution in [0.2, 0.25) is 0 Å². The van der Waals surface area contributed by atoms with Gasteiger partial charge in [0.1, 0.15) is 11.5 Å². The van der Waals surface area contributed by atoms with Crippen LogP contribution >= 0.6 is 0 Å². The summed E-state index contributed by atoms with van der Waals surface area (Å²) in [5.74, 6) is 1.31. The highest BCUT2D eigenvalue weighted by Gasteiger charge is 2.16. The number of rotatable bonds is 5. The molecule has 3 aromatic carbocycles. The van der Waals surface area contributed by atoms with E-state index in [4.69, 9.17) is 9.47 Å². The van der Waals surface area contributed by atoms with Crippen molar-refractivity contribution in [3.8, 4) is 11.5 Å². The van der Waals surface area contributed by atoms with Gasteiger partial charge in [-0.1, -0.05) is 30.3 Å². The Labute approximate surface area is 164 Å². The van der Waals surface area contributed by atoms with Crippen LogP contribution in [0.3, 0.4) is 0 Å². The van der Waals surface area contributed by atoms with E-state index in [1.165, 1.54) is 0 Å². The standard InChI is InChI=1S/C23H22N2O3/c26-23(18-10-12-20(13-11-18)28-19-6-2-1-3-7-19)24-21-8-4-5-9-22(21)25-14-16-27-17-15-25/h1-13H,14-17H2,(H,24,26). The topological polar surface area (TPSA) is 50.8 Å². The molecule has 0 unspecified atom stereocenters. The molecule has 142 valence electrons. The predicted octanol–water partition coefficient (Wildman–Crippen LogP) is 4.57. The van der Waals surface area contributed by atoms with Crippen LogP contribution in [0.4, 0.5) is 11.4 Å². The fraction of sp³-hybridized carbons (Fsp3) is 0.174. The van der Waals surface area contributed by atoms with Gasteiger partial charge in [0.05, 0.1) is 24.6 Å². The van der Waals surface area contributed by atoms with Crippen molar-refractivity contribution in [1.82, 2.24) is 0 Å². The Hall–Kier alpha value is -3.31. The number of anilines is 2. The van der Waals surface area contributed by atoms with E-state index in [0.717, 1.165) is 30.2 Å². The number of morpholine rings is 1. The lowest BCUT2D eigenvalue weighted by Crippen LogP contribution is -2.36. The Bertz CT molecular complexity index is 920. The molecule has 0 aliphatic carbocycles. The van der Waals surface area contributed by atoms with Gasteiger partial charge in [-0.15, -0.1) is 0 Å². The van der Waals surface area contributed by atoms with Crippen molar-refractivity contribution >= 4 is 17.3 Å². The first-order chi connectivity index (χ1) is 13.8. The summed E-state index contributed by atoms with van der Waals surface area (Å²) in [6.07, 6.45) is 0. The van der Waals surface area contributed by atoms with E-state index in [-0.39, 0.29) is 5.91 Å². The van der Waals surface area contributed by atoms with Crippen molar-refractivity contribution in [1.29, 1.82) is 0 Å². The third kappa shape index (κ3) is 4.32. The van der Waals surface area contributed by atoms with Gasteiger partial charge >= 0.3 is 0 Å². The third-order valence-corrected chi connectivity index (χ3v) is 4.60. The second-order valence-corrected chi connectivity index (χ2v) is 6.51. The number of carbonyl (C=O) groups is 1. The molecule has 0 spiro atoms.